The van der Waals surface area contributed by atoms with Crippen LogP contribution in [0.25, 0.3) is 0 Å². The normalized spacial score (nSPS) is 11.4. The standard InChI is InChI=1S/C13H22N2O/c1-11(2)13(16)12-6-9-15(10-12)8-5-7-14(3)4/h6,9-11H,5,7-8H2,1-4H3. The molecule has 0 fully saturated rings. The van der Waals surface area contributed by atoms with Crippen molar-refractivity contribution >= 4 is 5.78 Å². The molecule has 0 aliphatic heterocycles. The first-order valence-electron chi connectivity index (χ1n) is 5.85. The molecule has 0 bridgehead atoms. The van der Waals surface area contributed by atoms with Crippen molar-refractivity contribution in [1.29, 1.82) is 0 Å². The van der Waals surface area contributed by atoms with Gasteiger partial charge in [-0.3, -0.25) is 4.79 Å². The largest absolute Gasteiger partial charge is 0.353 e. The Morgan fingerprint density at radius 2 is 2.12 bits per heavy atom. The average molecular weight is 222 g/mol. The summed E-state index contributed by atoms with van der Waals surface area (Å²) in [5.74, 6) is 0.309. The predicted molar refractivity (Wildman–Crippen MR) is 66.8 cm³/mol. The van der Waals surface area contributed by atoms with Crippen molar-refractivity contribution in [3.63, 3.8) is 0 Å². The highest BCUT2D eigenvalue weighted by atomic mass is 16.1. The topological polar surface area (TPSA) is 25.2 Å². The number of hydrogen-bond acceptors (Lipinski definition) is 2. The summed E-state index contributed by atoms with van der Waals surface area (Å²) in [6.45, 7) is 5.92. The Bertz CT molecular complexity index is 339. The third-order valence-corrected chi connectivity index (χ3v) is 2.58. The maximum Gasteiger partial charge on any atom is 0.166 e. The molecule has 90 valence electrons. The van der Waals surface area contributed by atoms with Gasteiger partial charge in [0.15, 0.2) is 5.78 Å². The Balaban J connectivity index is 2.48. The van der Waals surface area contributed by atoms with Crippen molar-refractivity contribution in [2.75, 3.05) is 20.6 Å². The number of nitrogens with zero attached hydrogens (tertiary/aromatic N) is 2. The summed E-state index contributed by atoms with van der Waals surface area (Å²) >= 11 is 0. The van der Waals surface area contributed by atoms with E-state index in [9.17, 15) is 4.79 Å². The number of hydrogen-bond donors (Lipinski definition) is 0. The molecular weight excluding hydrogens is 200 g/mol. The minimum atomic E-state index is 0.0811. The lowest BCUT2D eigenvalue weighted by Gasteiger charge is -2.09. The average Bonchev–Trinajstić information content (AvgIpc) is 2.64. The van der Waals surface area contributed by atoms with E-state index in [4.69, 9.17) is 0 Å². The van der Waals surface area contributed by atoms with E-state index in [-0.39, 0.29) is 11.7 Å². The summed E-state index contributed by atoms with van der Waals surface area (Å²) in [6.07, 6.45) is 5.06. The number of carbonyl (C=O) groups is 1. The lowest BCUT2D eigenvalue weighted by atomic mass is 10.0. The Labute approximate surface area is 98.1 Å². The third-order valence-electron chi connectivity index (χ3n) is 2.58. The van der Waals surface area contributed by atoms with Crippen molar-refractivity contribution in [1.82, 2.24) is 9.47 Å². The molecule has 1 heterocycles. The van der Waals surface area contributed by atoms with Crippen LogP contribution in [0.5, 0.6) is 0 Å². The minimum Gasteiger partial charge on any atom is -0.353 e. The van der Waals surface area contributed by atoms with Crippen LogP contribution in [0.3, 0.4) is 0 Å². The number of aromatic nitrogens is 1. The van der Waals surface area contributed by atoms with Crippen LogP contribution in [0.15, 0.2) is 18.5 Å². The molecule has 1 aromatic heterocycles. The highest BCUT2D eigenvalue weighted by Crippen LogP contribution is 2.09. The van der Waals surface area contributed by atoms with Gasteiger partial charge in [0.25, 0.3) is 0 Å². The zero-order valence-electron chi connectivity index (χ0n) is 10.7. The number of aryl methyl sites for hydroxylation is 1. The van der Waals surface area contributed by atoms with Crippen molar-refractivity contribution in [3.8, 4) is 0 Å². The Hall–Kier alpha value is -1.09. The SMILES string of the molecule is CC(C)C(=O)c1ccn(CCCN(C)C)c1. The summed E-state index contributed by atoms with van der Waals surface area (Å²) in [4.78, 5) is 13.9. The fourth-order valence-corrected chi connectivity index (χ4v) is 1.63. The molecule has 0 saturated heterocycles. The van der Waals surface area contributed by atoms with E-state index in [1.54, 1.807) is 0 Å². The summed E-state index contributed by atoms with van der Waals surface area (Å²) in [6, 6.07) is 1.91. The molecule has 0 aliphatic carbocycles. The van der Waals surface area contributed by atoms with E-state index in [1.165, 1.54) is 0 Å². The number of ketones is 1. The maximum absolute atomic E-state index is 11.7. The number of Topliss-reactive ketones (excluding diaryl/α,β-unsaturated/α-hetero) is 1. The van der Waals surface area contributed by atoms with E-state index in [1.807, 2.05) is 32.3 Å². The molecule has 0 spiro atoms. The molecule has 3 nitrogen and oxygen atoms in total. The van der Waals surface area contributed by atoms with E-state index in [2.05, 4.69) is 23.6 Å². The van der Waals surface area contributed by atoms with Gasteiger partial charge in [-0.1, -0.05) is 13.8 Å². The van der Waals surface area contributed by atoms with Gasteiger partial charge >= 0.3 is 0 Å². The molecule has 1 rings (SSSR count). The molecule has 0 amide bonds. The van der Waals surface area contributed by atoms with Gasteiger partial charge in [-0.05, 0) is 33.1 Å². The fourth-order valence-electron chi connectivity index (χ4n) is 1.63. The molecule has 1 aromatic rings. The highest BCUT2D eigenvalue weighted by Gasteiger charge is 2.11. The maximum atomic E-state index is 11.7. The van der Waals surface area contributed by atoms with Gasteiger partial charge in [-0.25, -0.2) is 0 Å². The second-order valence-corrected chi connectivity index (χ2v) is 4.81. The fraction of sp³-hybridized carbons (Fsp3) is 0.615. The summed E-state index contributed by atoms with van der Waals surface area (Å²) < 4.78 is 2.10. The van der Waals surface area contributed by atoms with Gasteiger partial charge in [0.2, 0.25) is 0 Å². The molecule has 0 unspecified atom stereocenters. The highest BCUT2D eigenvalue weighted by molar-refractivity contribution is 5.97. The van der Waals surface area contributed by atoms with Crippen LogP contribution in [0.4, 0.5) is 0 Å². The summed E-state index contributed by atoms with van der Waals surface area (Å²) in [7, 11) is 4.15. The molecule has 0 aliphatic rings. The van der Waals surface area contributed by atoms with Gasteiger partial charge < -0.3 is 9.47 Å². The van der Waals surface area contributed by atoms with E-state index in [0.717, 1.165) is 25.1 Å². The van der Waals surface area contributed by atoms with Gasteiger partial charge in [0, 0.05) is 30.4 Å². The summed E-state index contributed by atoms with van der Waals surface area (Å²) in [5.41, 5.74) is 0.833. The number of rotatable bonds is 6. The number of carbonyl (C=O) groups excluding carboxylic acids is 1. The van der Waals surface area contributed by atoms with Crippen molar-refractivity contribution < 1.29 is 4.79 Å². The van der Waals surface area contributed by atoms with Crippen LogP contribution in [-0.4, -0.2) is 35.9 Å². The second kappa shape index (κ2) is 5.85. The Morgan fingerprint density at radius 3 is 2.69 bits per heavy atom. The first kappa shape index (κ1) is 13.0. The quantitative estimate of drug-likeness (QED) is 0.690. The van der Waals surface area contributed by atoms with Crippen molar-refractivity contribution in [2.24, 2.45) is 5.92 Å². The molecule has 0 atom stereocenters. The molecule has 0 aromatic carbocycles. The summed E-state index contributed by atoms with van der Waals surface area (Å²) in [5, 5.41) is 0. The lowest BCUT2D eigenvalue weighted by Crippen LogP contribution is -2.14. The predicted octanol–water partition coefficient (Wildman–Crippen LogP) is 2.28. The Kier molecular flexibility index (Phi) is 4.74. The van der Waals surface area contributed by atoms with Crippen LogP contribution in [0, 0.1) is 5.92 Å². The lowest BCUT2D eigenvalue weighted by molar-refractivity contribution is 0.0939. The van der Waals surface area contributed by atoms with Crippen molar-refractivity contribution in [3.05, 3.63) is 24.0 Å². The first-order valence-corrected chi connectivity index (χ1v) is 5.85. The van der Waals surface area contributed by atoms with Gasteiger partial charge in [-0.15, -0.1) is 0 Å². The van der Waals surface area contributed by atoms with Crippen LogP contribution >= 0.6 is 0 Å². The molecule has 16 heavy (non-hydrogen) atoms. The van der Waals surface area contributed by atoms with Crippen LogP contribution in [0.1, 0.15) is 30.6 Å². The van der Waals surface area contributed by atoms with Gasteiger partial charge in [0.1, 0.15) is 0 Å². The van der Waals surface area contributed by atoms with E-state index >= 15 is 0 Å². The van der Waals surface area contributed by atoms with Crippen LogP contribution in [0.2, 0.25) is 0 Å². The monoisotopic (exact) mass is 222 g/mol. The first-order chi connectivity index (χ1) is 7.50. The Morgan fingerprint density at radius 1 is 1.44 bits per heavy atom. The molecule has 0 N–H and O–H groups in total. The van der Waals surface area contributed by atoms with Gasteiger partial charge in [-0.2, -0.15) is 0 Å². The van der Waals surface area contributed by atoms with Crippen molar-refractivity contribution in [2.45, 2.75) is 26.8 Å². The molecule has 3 heteroatoms. The zero-order valence-corrected chi connectivity index (χ0v) is 10.7. The second-order valence-electron chi connectivity index (χ2n) is 4.81. The molecule has 0 saturated carbocycles. The van der Waals surface area contributed by atoms with Crippen LogP contribution < -0.4 is 0 Å². The smallest absolute Gasteiger partial charge is 0.166 e. The molecular formula is C13H22N2O. The zero-order chi connectivity index (χ0) is 12.1. The van der Waals surface area contributed by atoms with Crippen LogP contribution in [-0.2, 0) is 6.54 Å². The van der Waals surface area contributed by atoms with E-state index < -0.39 is 0 Å². The third kappa shape index (κ3) is 3.81. The molecule has 0 radical (unpaired) electrons. The van der Waals surface area contributed by atoms with E-state index in [0.29, 0.717) is 0 Å². The minimum absolute atomic E-state index is 0.0811. The van der Waals surface area contributed by atoms with Gasteiger partial charge in [0.05, 0.1) is 0 Å².